The number of para-hydroxylation sites is 1. The summed E-state index contributed by atoms with van der Waals surface area (Å²) in [6.07, 6.45) is 0. The fourth-order valence-electron chi connectivity index (χ4n) is 17.0. The molecule has 0 atom stereocenters. The summed E-state index contributed by atoms with van der Waals surface area (Å²) >= 11 is 0. The van der Waals surface area contributed by atoms with Crippen molar-refractivity contribution in [2.24, 2.45) is 0 Å². The van der Waals surface area contributed by atoms with Crippen molar-refractivity contribution in [3.05, 3.63) is 299 Å². The summed E-state index contributed by atoms with van der Waals surface area (Å²) in [6, 6.07) is 97.6. The molecule has 4 heteroatoms. The molecule has 0 radical (unpaired) electrons. The maximum Gasteiger partial charge on any atom is 0.247 e. The second-order valence-electron chi connectivity index (χ2n) is 33.4. The van der Waals surface area contributed by atoms with E-state index in [0.717, 1.165) is 17.1 Å². The van der Waals surface area contributed by atoms with E-state index in [-0.39, 0.29) is 33.8 Å². The molecule has 14 aromatic rings. The fraction of sp³-hybridized carbons (Fsp3) is 0.226. The molecule has 0 saturated heterocycles. The third-order valence-corrected chi connectivity index (χ3v) is 22.2. The number of nitrogens with zero attached hydrogens (tertiary/aromatic N) is 3. The summed E-state index contributed by atoms with van der Waals surface area (Å²) in [7, 11) is 0. The van der Waals surface area contributed by atoms with Crippen LogP contribution in [0.25, 0.3) is 88.4 Å². The average Bonchev–Trinajstić information content (AvgIpc) is 1.65. The number of hydrogen-bond acceptors (Lipinski definition) is 1. The van der Waals surface area contributed by atoms with E-state index in [0.29, 0.717) is 0 Å². The van der Waals surface area contributed by atoms with E-state index in [2.05, 4.69) is 367 Å². The minimum atomic E-state index is -0.733. The molecule has 97 heavy (non-hydrogen) atoms. The predicted molar refractivity (Wildman–Crippen MR) is 416 cm³/mol. The van der Waals surface area contributed by atoms with Crippen LogP contribution in [-0.4, -0.2) is 15.8 Å². The Hall–Kier alpha value is -9.90. The van der Waals surface area contributed by atoms with Crippen LogP contribution < -0.4 is 21.3 Å². The molecule has 0 unspecified atom stereocenters. The first-order valence-corrected chi connectivity index (χ1v) is 35.2. The molecule has 1 spiro atoms. The molecule has 0 saturated carbocycles. The van der Waals surface area contributed by atoms with Gasteiger partial charge in [-0.2, -0.15) is 0 Å². The second kappa shape index (κ2) is 21.1. The van der Waals surface area contributed by atoms with Crippen LogP contribution in [-0.2, 0) is 32.5 Å². The van der Waals surface area contributed by atoms with Crippen molar-refractivity contribution < 1.29 is 0 Å². The molecular weight excluding hydrogens is 1170 g/mol. The quantitative estimate of drug-likeness (QED) is 0.157. The Kier molecular flexibility index (Phi) is 13.2. The third-order valence-electron chi connectivity index (χ3n) is 22.2. The lowest BCUT2D eigenvalue weighted by atomic mass is 9.29. The first-order valence-electron chi connectivity index (χ1n) is 35.2. The minimum Gasteiger partial charge on any atom is -0.310 e. The summed E-state index contributed by atoms with van der Waals surface area (Å²) in [5.74, 6) is 0. The maximum atomic E-state index is 2.74. The standard InChI is InChI=1S/C93H86BN3/c1-88(2,3)59-37-45-80-70(49-59)71-50-60(89(4,5)6)38-46-81(71)95(80)64-41-43-78-76(55-64)93(74-35-24-22-31-68(74)69-32-23-25-36-75(69)93)77-53-63(92(13,14)15)54-85-86(77)94(78)79-44-42-65(96-82-47-39-61(90(7,8)9)51-72(82)73-52-62(91(10,11)12)40-48-83(73)96)56-84(79)97(85)87-66(57-27-18-16-19-28-57)33-26-34-67(87)58-29-20-17-21-30-58/h16-56H,1-15H3. The van der Waals surface area contributed by atoms with Crippen molar-refractivity contribution in [1.82, 2.24) is 9.13 Å². The van der Waals surface area contributed by atoms with Gasteiger partial charge in [0.15, 0.2) is 0 Å². The molecular formula is C93H86BN3. The third kappa shape index (κ3) is 9.14. The van der Waals surface area contributed by atoms with E-state index in [1.807, 2.05) is 0 Å². The van der Waals surface area contributed by atoms with Crippen LogP contribution in [0.15, 0.2) is 249 Å². The number of fused-ring (bicyclic) bond motifs is 17. The van der Waals surface area contributed by atoms with Crippen molar-refractivity contribution in [2.45, 2.75) is 136 Å². The topological polar surface area (TPSA) is 13.1 Å². The zero-order valence-corrected chi connectivity index (χ0v) is 59.1. The SMILES string of the molecule is CC(C)(C)c1cc2c3c(c1)C1(c4cc(-n5c6ccc(C(C)(C)C)cc6c6cc(C(C)(C)C)ccc65)ccc4B3c3ccc(-n4c5ccc(C(C)(C)C)cc5c5cc(C(C)(C)C)ccc54)cc3N2c2c(-c3ccccc3)cccc2-c2ccccc2)c2ccccc2-c2ccccc21. The number of aromatic nitrogens is 2. The van der Waals surface area contributed by atoms with Crippen molar-refractivity contribution >= 4 is 83.8 Å². The maximum absolute atomic E-state index is 2.74. The normalized spacial score (nSPS) is 14.2. The molecule has 1 aliphatic carbocycles. The lowest BCUT2D eigenvalue weighted by Crippen LogP contribution is -2.65. The van der Waals surface area contributed by atoms with Crippen LogP contribution in [0.4, 0.5) is 17.1 Å². The Balaban J connectivity index is 1.03. The smallest absolute Gasteiger partial charge is 0.247 e. The highest BCUT2D eigenvalue weighted by atomic mass is 15.2. The number of benzene rings is 12. The van der Waals surface area contributed by atoms with Crippen LogP contribution in [0.1, 0.15) is 154 Å². The molecule has 2 aromatic heterocycles. The van der Waals surface area contributed by atoms with Crippen molar-refractivity contribution in [1.29, 1.82) is 0 Å². The van der Waals surface area contributed by atoms with Gasteiger partial charge in [0.05, 0.1) is 33.2 Å². The number of rotatable bonds is 5. The highest BCUT2D eigenvalue weighted by Gasteiger charge is 2.56. The van der Waals surface area contributed by atoms with Crippen molar-refractivity contribution in [3.63, 3.8) is 0 Å². The summed E-state index contributed by atoms with van der Waals surface area (Å²) in [5.41, 5.74) is 32.7. The van der Waals surface area contributed by atoms with Crippen molar-refractivity contribution in [2.75, 3.05) is 4.90 Å². The van der Waals surface area contributed by atoms with Gasteiger partial charge in [-0.25, -0.2) is 0 Å². The fourth-order valence-corrected chi connectivity index (χ4v) is 17.0. The predicted octanol–water partition coefficient (Wildman–Crippen LogP) is 22.7. The molecule has 476 valence electrons. The second-order valence-corrected chi connectivity index (χ2v) is 33.4. The molecule has 2 aliphatic heterocycles. The Morgan fingerprint density at radius 2 is 0.660 bits per heavy atom. The molecule has 3 aliphatic rings. The van der Waals surface area contributed by atoms with Crippen LogP contribution in [0.2, 0.25) is 0 Å². The van der Waals surface area contributed by atoms with Gasteiger partial charge in [-0.1, -0.05) is 279 Å². The Labute approximate surface area is 574 Å². The lowest BCUT2D eigenvalue weighted by molar-refractivity contribution is 0.588. The zero-order valence-electron chi connectivity index (χ0n) is 59.1. The van der Waals surface area contributed by atoms with Gasteiger partial charge in [0.2, 0.25) is 6.71 Å². The Bertz CT molecular complexity index is 5360. The molecule has 3 nitrogen and oxygen atoms in total. The largest absolute Gasteiger partial charge is 0.310 e. The monoisotopic (exact) mass is 1260 g/mol. The van der Waals surface area contributed by atoms with E-state index < -0.39 is 5.41 Å². The van der Waals surface area contributed by atoms with Crippen molar-refractivity contribution in [3.8, 4) is 44.8 Å². The Morgan fingerprint density at radius 1 is 0.278 bits per heavy atom. The number of anilines is 3. The lowest BCUT2D eigenvalue weighted by Gasteiger charge is -2.49. The van der Waals surface area contributed by atoms with Crippen LogP contribution in [0.5, 0.6) is 0 Å². The van der Waals surface area contributed by atoms with Gasteiger partial charge >= 0.3 is 0 Å². The Morgan fingerprint density at radius 3 is 1.08 bits per heavy atom. The summed E-state index contributed by atoms with van der Waals surface area (Å²) < 4.78 is 5.16. The molecule has 0 fully saturated rings. The summed E-state index contributed by atoms with van der Waals surface area (Å²) in [5, 5.41) is 5.14. The van der Waals surface area contributed by atoms with E-state index in [1.54, 1.807) is 0 Å². The van der Waals surface area contributed by atoms with Gasteiger partial charge in [-0.15, -0.1) is 0 Å². The van der Waals surface area contributed by atoms with Crippen LogP contribution in [0.3, 0.4) is 0 Å². The molecule has 4 heterocycles. The summed E-state index contributed by atoms with van der Waals surface area (Å²) in [4.78, 5) is 2.74. The summed E-state index contributed by atoms with van der Waals surface area (Å²) in [6.45, 7) is 35.1. The van der Waals surface area contributed by atoms with Crippen LogP contribution in [0, 0.1) is 0 Å². The van der Waals surface area contributed by atoms with Gasteiger partial charge in [0.1, 0.15) is 0 Å². The van der Waals surface area contributed by atoms with E-state index in [9.17, 15) is 0 Å². The zero-order chi connectivity index (χ0) is 67.2. The first kappa shape index (κ1) is 60.7. The van der Waals surface area contributed by atoms with Crippen LogP contribution >= 0.6 is 0 Å². The van der Waals surface area contributed by atoms with E-state index >= 15 is 0 Å². The van der Waals surface area contributed by atoms with Gasteiger partial charge in [0.25, 0.3) is 0 Å². The molecule has 17 rings (SSSR count). The first-order chi connectivity index (χ1) is 46.3. The molecule has 0 N–H and O–H groups in total. The highest BCUT2D eigenvalue weighted by molar-refractivity contribution is 6.99. The van der Waals surface area contributed by atoms with E-state index in [4.69, 9.17) is 0 Å². The van der Waals surface area contributed by atoms with Gasteiger partial charge in [-0.3, -0.25) is 0 Å². The minimum absolute atomic E-state index is 0.0288. The van der Waals surface area contributed by atoms with E-state index in [1.165, 1.54) is 155 Å². The highest BCUT2D eigenvalue weighted by Crippen LogP contribution is 2.60. The molecule has 12 aromatic carbocycles. The average molecular weight is 1260 g/mol. The van der Waals surface area contributed by atoms with Gasteiger partial charge in [0, 0.05) is 55.4 Å². The molecule has 0 bridgehead atoms. The number of hydrogen-bond donors (Lipinski definition) is 0. The molecule has 0 amide bonds. The van der Waals surface area contributed by atoms with Gasteiger partial charge in [-0.05, 0) is 189 Å². The van der Waals surface area contributed by atoms with Gasteiger partial charge < -0.3 is 14.0 Å².